The predicted octanol–water partition coefficient (Wildman–Crippen LogP) is 5.52. The Hall–Kier alpha value is -3.46. The van der Waals surface area contributed by atoms with Gasteiger partial charge in [0.1, 0.15) is 5.69 Å². The third kappa shape index (κ3) is 1.59. The minimum atomic E-state index is 0.876. The molecule has 0 saturated carbocycles. The number of nitrogens with one attached hydrogen (secondary N) is 1. The summed E-state index contributed by atoms with van der Waals surface area (Å²) in [5, 5.41) is 21.3. The molecule has 0 spiro atoms. The Morgan fingerprint density at radius 1 is 0.600 bits per heavy atom. The molecule has 3 nitrogen and oxygen atoms in total. The van der Waals surface area contributed by atoms with Crippen molar-refractivity contribution in [2.75, 3.05) is 0 Å². The number of nitrogens with zero attached hydrogens (tertiary/aromatic N) is 2. The second-order valence-corrected chi connectivity index (χ2v) is 6.45. The average Bonchev–Trinajstić information content (AvgIpc) is 3.20. The molecule has 0 aliphatic heterocycles. The van der Waals surface area contributed by atoms with Crippen LogP contribution in [0, 0.1) is 0 Å². The summed E-state index contributed by atoms with van der Waals surface area (Å²) >= 11 is 0. The SMILES string of the molecule is c1cc2cccc3c4ccc(-c5cn[nH]n5)c5cccc(c(c1)c23)c54. The molecule has 3 heteroatoms. The van der Waals surface area contributed by atoms with Crippen molar-refractivity contribution in [2.45, 2.75) is 0 Å². The molecular weight excluding hydrogens is 306 g/mol. The first-order valence-electron chi connectivity index (χ1n) is 8.36. The molecule has 6 aromatic rings. The highest BCUT2D eigenvalue weighted by molar-refractivity contribution is 6.33. The van der Waals surface area contributed by atoms with Gasteiger partial charge < -0.3 is 0 Å². The van der Waals surface area contributed by atoms with Crippen LogP contribution in [0.25, 0.3) is 54.3 Å². The maximum Gasteiger partial charge on any atom is 0.113 e. The third-order valence-corrected chi connectivity index (χ3v) is 5.22. The maximum atomic E-state index is 4.29. The Bertz CT molecular complexity index is 1330. The highest BCUT2D eigenvalue weighted by Gasteiger charge is 2.15. The van der Waals surface area contributed by atoms with Crippen LogP contribution in [0.2, 0.25) is 0 Å². The van der Waals surface area contributed by atoms with E-state index in [9.17, 15) is 0 Å². The summed E-state index contributed by atoms with van der Waals surface area (Å²) in [6, 6.07) is 24.1. The zero-order chi connectivity index (χ0) is 16.4. The van der Waals surface area contributed by atoms with Crippen molar-refractivity contribution in [3.8, 4) is 11.3 Å². The summed E-state index contributed by atoms with van der Waals surface area (Å²) in [6.45, 7) is 0. The van der Waals surface area contributed by atoms with E-state index in [1.54, 1.807) is 6.20 Å². The Balaban J connectivity index is 1.95. The largest absolute Gasteiger partial charge is 0.197 e. The Kier molecular flexibility index (Phi) is 2.35. The van der Waals surface area contributed by atoms with E-state index in [0.717, 1.165) is 11.3 Å². The van der Waals surface area contributed by atoms with Gasteiger partial charge in [0.15, 0.2) is 0 Å². The Morgan fingerprint density at radius 3 is 1.96 bits per heavy atom. The number of H-pyrrole nitrogens is 1. The maximum absolute atomic E-state index is 4.29. The molecule has 1 N–H and O–H groups in total. The average molecular weight is 319 g/mol. The van der Waals surface area contributed by atoms with Gasteiger partial charge in [-0.05, 0) is 43.1 Å². The predicted molar refractivity (Wildman–Crippen MR) is 103 cm³/mol. The van der Waals surface area contributed by atoms with E-state index >= 15 is 0 Å². The number of rotatable bonds is 1. The first-order valence-corrected chi connectivity index (χ1v) is 8.36. The van der Waals surface area contributed by atoms with Crippen molar-refractivity contribution >= 4 is 43.1 Å². The molecule has 0 atom stereocenters. The van der Waals surface area contributed by atoms with Gasteiger partial charge in [0, 0.05) is 5.56 Å². The fraction of sp³-hybridized carbons (Fsp3) is 0. The monoisotopic (exact) mass is 319 g/mol. The van der Waals surface area contributed by atoms with Crippen LogP contribution in [0.1, 0.15) is 0 Å². The lowest BCUT2D eigenvalue weighted by molar-refractivity contribution is 0.942. The normalized spacial score (nSPS) is 12.0. The van der Waals surface area contributed by atoms with Crippen molar-refractivity contribution in [3.63, 3.8) is 0 Å². The van der Waals surface area contributed by atoms with Gasteiger partial charge in [-0.3, -0.25) is 0 Å². The standard InChI is InChI=1S/C22H13N3/c1-4-13-5-2-7-17-19-11-10-14(20-12-23-25-24-20)15-8-3-9-18(22(15)19)16(6-1)21(13)17/h1-12H,(H,23,24,25). The number of aromatic nitrogens is 3. The van der Waals surface area contributed by atoms with Crippen molar-refractivity contribution in [1.82, 2.24) is 15.4 Å². The van der Waals surface area contributed by atoms with E-state index in [1.165, 1.54) is 43.1 Å². The van der Waals surface area contributed by atoms with Crippen LogP contribution in [0.4, 0.5) is 0 Å². The van der Waals surface area contributed by atoms with Crippen molar-refractivity contribution in [3.05, 3.63) is 72.9 Å². The molecule has 1 heterocycles. The van der Waals surface area contributed by atoms with Gasteiger partial charge >= 0.3 is 0 Å². The molecule has 0 fully saturated rings. The zero-order valence-corrected chi connectivity index (χ0v) is 13.3. The van der Waals surface area contributed by atoms with Crippen molar-refractivity contribution in [1.29, 1.82) is 0 Å². The van der Waals surface area contributed by atoms with Gasteiger partial charge in [-0.2, -0.15) is 15.4 Å². The number of hydrogen-bond acceptors (Lipinski definition) is 2. The molecule has 0 aliphatic rings. The lowest BCUT2D eigenvalue weighted by Gasteiger charge is -2.15. The molecule has 0 amide bonds. The van der Waals surface area contributed by atoms with Crippen LogP contribution >= 0.6 is 0 Å². The first kappa shape index (κ1) is 12.9. The third-order valence-electron chi connectivity index (χ3n) is 5.22. The van der Waals surface area contributed by atoms with Crippen molar-refractivity contribution in [2.24, 2.45) is 0 Å². The van der Waals surface area contributed by atoms with Gasteiger partial charge in [-0.15, -0.1) is 0 Å². The fourth-order valence-electron chi connectivity index (χ4n) is 4.20. The summed E-state index contributed by atoms with van der Waals surface area (Å²) < 4.78 is 0. The van der Waals surface area contributed by atoms with Crippen LogP contribution in [0.15, 0.2) is 72.9 Å². The topological polar surface area (TPSA) is 41.6 Å². The van der Waals surface area contributed by atoms with Gasteiger partial charge in [0.05, 0.1) is 6.20 Å². The molecule has 0 aliphatic carbocycles. The van der Waals surface area contributed by atoms with E-state index in [1.807, 2.05) is 0 Å². The van der Waals surface area contributed by atoms with Crippen LogP contribution < -0.4 is 0 Å². The summed E-state index contributed by atoms with van der Waals surface area (Å²) in [4.78, 5) is 0. The van der Waals surface area contributed by atoms with Gasteiger partial charge in [0.25, 0.3) is 0 Å². The molecule has 6 rings (SSSR count). The number of aromatic amines is 1. The highest BCUT2D eigenvalue weighted by Crippen LogP contribution is 2.42. The molecule has 0 saturated heterocycles. The number of fused-ring (bicyclic) bond motifs is 2. The van der Waals surface area contributed by atoms with E-state index in [2.05, 4.69) is 82.1 Å². The second kappa shape index (κ2) is 4.54. The van der Waals surface area contributed by atoms with E-state index < -0.39 is 0 Å². The lowest BCUT2D eigenvalue weighted by atomic mass is 9.88. The van der Waals surface area contributed by atoms with Crippen LogP contribution in [-0.4, -0.2) is 15.4 Å². The summed E-state index contributed by atoms with van der Waals surface area (Å²) in [5.74, 6) is 0. The van der Waals surface area contributed by atoms with E-state index in [4.69, 9.17) is 0 Å². The zero-order valence-electron chi connectivity index (χ0n) is 13.3. The number of benzene rings is 5. The Labute approximate surface area is 143 Å². The van der Waals surface area contributed by atoms with Crippen LogP contribution in [0.3, 0.4) is 0 Å². The highest BCUT2D eigenvalue weighted by atomic mass is 15.3. The Morgan fingerprint density at radius 2 is 1.24 bits per heavy atom. The fourth-order valence-corrected chi connectivity index (χ4v) is 4.20. The summed E-state index contributed by atoms with van der Waals surface area (Å²) in [5.41, 5.74) is 1.99. The number of hydrogen-bond donors (Lipinski definition) is 1. The molecule has 0 bridgehead atoms. The van der Waals surface area contributed by atoms with Crippen LogP contribution in [0.5, 0.6) is 0 Å². The molecule has 0 radical (unpaired) electrons. The summed E-state index contributed by atoms with van der Waals surface area (Å²) in [6.07, 6.45) is 1.78. The summed E-state index contributed by atoms with van der Waals surface area (Å²) in [7, 11) is 0. The van der Waals surface area contributed by atoms with Gasteiger partial charge in [0.2, 0.25) is 0 Å². The minimum Gasteiger partial charge on any atom is -0.197 e. The minimum absolute atomic E-state index is 0.876. The molecular formula is C22H13N3. The molecule has 25 heavy (non-hydrogen) atoms. The van der Waals surface area contributed by atoms with E-state index in [-0.39, 0.29) is 0 Å². The van der Waals surface area contributed by atoms with Crippen LogP contribution in [-0.2, 0) is 0 Å². The quantitative estimate of drug-likeness (QED) is 0.320. The smallest absolute Gasteiger partial charge is 0.113 e. The lowest BCUT2D eigenvalue weighted by Crippen LogP contribution is -1.89. The van der Waals surface area contributed by atoms with E-state index in [0.29, 0.717) is 0 Å². The first-order chi connectivity index (χ1) is 12.4. The van der Waals surface area contributed by atoms with Crippen molar-refractivity contribution < 1.29 is 0 Å². The van der Waals surface area contributed by atoms with Gasteiger partial charge in [-0.1, -0.05) is 66.7 Å². The molecule has 116 valence electrons. The molecule has 5 aromatic carbocycles. The second-order valence-electron chi connectivity index (χ2n) is 6.45. The molecule has 1 aromatic heterocycles. The van der Waals surface area contributed by atoms with Gasteiger partial charge in [-0.25, -0.2) is 0 Å². The molecule has 0 unspecified atom stereocenters.